The predicted octanol–water partition coefficient (Wildman–Crippen LogP) is 4.53. The maximum Gasteiger partial charge on any atom is 0.270 e. The molecule has 1 aliphatic heterocycles. The van der Waals surface area contributed by atoms with Crippen LogP contribution in [-0.4, -0.2) is 34.8 Å². The first-order chi connectivity index (χ1) is 14.4. The lowest BCUT2D eigenvalue weighted by Gasteiger charge is -2.34. The lowest BCUT2D eigenvalue weighted by molar-refractivity contribution is -0.126. The van der Waals surface area contributed by atoms with Gasteiger partial charge in [-0.05, 0) is 62.1 Å². The zero-order valence-electron chi connectivity index (χ0n) is 17.2. The van der Waals surface area contributed by atoms with Crippen molar-refractivity contribution in [3.8, 4) is 0 Å². The lowest BCUT2D eigenvalue weighted by atomic mass is 9.84. The summed E-state index contributed by atoms with van der Waals surface area (Å²) in [5, 5.41) is 4.54. The Morgan fingerprint density at radius 3 is 2.70 bits per heavy atom. The fourth-order valence-electron chi connectivity index (χ4n) is 4.12. The Bertz CT molecular complexity index is 1060. The zero-order valence-corrected chi connectivity index (χ0v) is 18.0. The quantitative estimate of drug-likeness (QED) is 0.628. The molecule has 1 aliphatic rings. The standard InChI is InChI=1S/C23H26ClN3O3/c1-14-3-5-19(30-14)13-25-22(28)15(2)16-7-9-27(10-8-16)23(29)21-12-17-11-18(24)4-6-20(17)26-21/h3-6,11-12,15-16,26H,7-10,13H2,1-2H3,(H,25,28)/t15-/m1/s1. The molecular formula is C23H26ClN3O3. The number of amides is 2. The Morgan fingerprint density at radius 2 is 2.00 bits per heavy atom. The highest BCUT2D eigenvalue weighted by molar-refractivity contribution is 6.31. The smallest absolute Gasteiger partial charge is 0.270 e. The lowest BCUT2D eigenvalue weighted by Crippen LogP contribution is -2.42. The van der Waals surface area contributed by atoms with E-state index in [0.29, 0.717) is 30.4 Å². The molecule has 0 saturated carbocycles. The maximum atomic E-state index is 12.9. The van der Waals surface area contributed by atoms with E-state index >= 15 is 0 Å². The van der Waals surface area contributed by atoms with E-state index in [4.69, 9.17) is 16.0 Å². The Hall–Kier alpha value is -2.73. The first-order valence-electron chi connectivity index (χ1n) is 10.3. The van der Waals surface area contributed by atoms with Gasteiger partial charge in [-0.2, -0.15) is 0 Å². The van der Waals surface area contributed by atoms with E-state index in [1.807, 2.05) is 49.1 Å². The van der Waals surface area contributed by atoms with Crippen molar-refractivity contribution in [1.29, 1.82) is 0 Å². The van der Waals surface area contributed by atoms with Crippen LogP contribution in [0.25, 0.3) is 10.9 Å². The van der Waals surface area contributed by atoms with Gasteiger partial charge in [0.1, 0.15) is 17.2 Å². The number of hydrogen-bond acceptors (Lipinski definition) is 3. The number of hydrogen-bond donors (Lipinski definition) is 2. The maximum absolute atomic E-state index is 12.9. The highest BCUT2D eigenvalue weighted by Crippen LogP contribution is 2.27. The van der Waals surface area contributed by atoms with Crippen molar-refractivity contribution in [2.24, 2.45) is 11.8 Å². The minimum Gasteiger partial charge on any atom is -0.465 e. The van der Waals surface area contributed by atoms with Crippen LogP contribution in [0.1, 0.15) is 41.8 Å². The summed E-state index contributed by atoms with van der Waals surface area (Å²) in [6.07, 6.45) is 1.62. The molecule has 0 aliphatic carbocycles. The third-order valence-electron chi connectivity index (χ3n) is 5.99. The molecular weight excluding hydrogens is 402 g/mol. The molecule has 0 unspecified atom stereocenters. The molecule has 1 aromatic carbocycles. The number of H-pyrrole nitrogens is 1. The van der Waals surface area contributed by atoms with E-state index in [1.54, 1.807) is 6.07 Å². The molecule has 30 heavy (non-hydrogen) atoms. The van der Waals surface area contributed by atoms with Crippen LogP contribution in [0.2, 0.25) is 5.02 Å². The van der Waals surface area contributed by atoms with Gasteiger partial charge in [0.05, 0.1) is 6.54 Å². The van der Waals surface area contributed by atoms with Crippen LogP contribution in [0, 0.1) is 18.8 Å². The molecule has 0 radical (unpaired) electrons. The summed E-state index contributed by atoms with van der Waals surface area (Å²) in [6.45, 7) is 5.54. The highest BCUT2D eigenvalue weighted by Gasteiger charge is 2.30. The van der Waals surface area contributed by atoms with Gasteiger partial charge in [-0.3, -0.25) is 9.59 Å². The van der Waals surface area contributed by atoms with Gasteiger partial charge in [0.2, 0.25) is 5.91 Å². The first-order valence-corrected chi connectivity index (χ1v) is 10.7. The number of nitrogens with zero attached hydrogens (tertiary/aromatic N) is 1. The van der Waals surface area contributed by atoms with Crippen LogP contribution in [0.5, 0.6) is 0 Å². The van der Waals surface area contributed by atoms with Gasteiger partial charge in [-0.25, -0.2) is 0 Å². The van der Waals surface area contributed by atoms with Gasteiger partial charge in [0.25, 0.3) is 5.91 Å². The number of aromatic amines is 1. The molecule has 2 N–H and O–H groups in total. The van der Waals surface area contributed by atoms with Crippen LogP contribution in [0.4, 0.5) is 0 Å². The molecule has 1 atom stereocenters. The van der Waals surface area contributed by atoms with Gasteiger partial charge >= 0.3 is 0 Å². The molecule has 7 heteroatoms. The van der Waals surface area contributed by atoms with E-state index in [0.717, 1.165) is 35.3 Å². The van der Waals surface area contributed by atoms with Crippen LogP contribution in [0.15, 0.2) is 40.8 Å². The van der Waals surface area contributed by atoms with Crippen molar-refractivity contribution in [2.75, 3.05) is 13.1 Å². The van der Waals surface area contributed by atoms with Crippen LogP contribution in [0.3, 0.4) is 0 Å². The Labute approximate surface area is 180 Å². The summed E-state index contributed by atoms with van der Waals surface area (Å²) in [5.41, 5.74) is 1.47. The van der Waals surface area contributed by atoms with Gasteiger partial charge in [-0.15, -0.1) is 0 Å². The summed E-state index contributed by atoms with van der Waals surface area (Å²) < 4.78 is 5.50. The van der Waals surface area contributed by atoms with Gasteiger partial charge in [-0.1, -0.05) is 18.5 Å². The van der Waals surface area contributed by atoms with Crippen LogP contribution < -0.4 is 5.32 Å². The first kappa shape index (κ1) is 20.5. The highest BCUT2D eigenvalue weighted by atomic mass is 35.5. The second kappa shape index (κ2) is 8.56. The molecule has 3 heterocycles. The molecule has 4 rings (SSSR count). The summed E-state index contributed by atoms with van der Waals surface area (Å²) in [7, 11) is 0. The molecule has 0 bridgehead atoms. The summed E-state index contributed by atoms with van der Waals surface area (Å²) in [4.78, 5) is 30.5. The second-order valence-corrected chi connectivity index (χ2v) is 8.50. The van der Waals surface area contributed by atoms with Crippen LogP contribution in [-0.2, 0) is 11.3 Å². The molecule has 3 aromatic rings. The third kappa shape index (κ3) is 4.38. The van der Waals surface area contributed by atoms with Crippen molar-refractivity contribution >= 4 is 34.3 Å². The fraction of sp³-hybridized carbons (Fsp3) is 0.391. The van der Waals surface area contributed by atoms with Crippen molar-refractivity contribution in [2.45, 2.75) is 33.2 Å². The van der Waals surface area contributed by atoms with E-state index in [1.165, 1.54) is 0 Å². The Kier molecular flexibility index (Phi) is 5.86. The number of furan rings is 1. The molecule has 2 aromatic heterocycles. The number of carbonyl (C=O) groups is 2. The normalized spacial score (nSPS) is 16.0. The molecule has 1 fully saturated rings. The average Bonchev–Trinajstić information content (AvgIpc) is 3.36. The number of rotatable bonds is 5. The second-order valence-electron chi connectivity index (χ2n) is 8.06. The van der Waals surface area contributed by atoms with E-state index in [-0.39, 0.29) is 23.7 Å². The molecule has 2 amide bonds. The predicted molar refractivity (Wildman–Crippen MR) is 116 cm³/mol. The zero-order chi connectivity index (χ0) is 21.3. The van der Waals surface area contributed by atoms with Crippen molar-refractivity contribution in [3.63, 3.8) is 0 Å². The van der Waals surface area contributed by atoms with Gasteiger partial charge < -0.3 is 19.6 Å². The number of fused-ring (bicyclic) bond motifs is 1. The number of halogens is 1. The van der Waals surface area contributed by atoms with Crippen molar-refractivity contribution in [1.82, 2.24) is 15.2 Å². The summed E-state index contributed by atoms with van der Waals surface area (Å²) in [6, 6.07) is 11.1. The third-order valence-corrected chi connectivity index (χ3v) is 6.23. The van der Waals surface area contributed by atoms with Gasteiger partial charge in [0.15, 0.2) is 0 Å². The average molecular weight is 428 g/mol. The molecule has 1 saturated heterocycles. The minimum absolute atomic E-state index is 0.00827. The SMILES string of the molecule is Cc1ccc(CNC(=O)[C@H](C)C2CCN(C(=O)c3cc4cc(Cl)ccc4[nH]3)CC2)o1. The van der Waals surface area contributed by atoms with Crippen molar-refractivity contribution in [3.05, 3.63) is 58.6 Å². The Balaban J connectivity index is 1.31. The monoisotopic (exact) mass is 427 g/mol. The largest absolute Gasteiger partial charge is 0.465 e. The number of aryl methyl sites for hydroxylation is 1. The van der Waals surface area contributed by atoms with E-state index in [2.05, 4.69) is 10.3 Å². The number of piperidine rings is 1. The summed E-state index contributed by atoms with van der Waals surface area (Å²) >= 11 is 6.04. The molecule has 158 valence electrons. The van der Waals surface area contributed by atoms with E-state index in [9.17, 15) is 9.59 Å². The number of aromatic nitrogens is 1. The minimum atomic E-state index is -0.103. The fourth-order valence-corrected chi connectivity index (χ4v) is 4.30. The number of benzene rings is 1. The van der Waals surface area contributed by atoms with Crippen molar-refractivity contribution < 1.29 is 14.0 Å². The molecule has 6 nitrogen and oxygen atoms in total. The van der Waals surface area contributed by atoms with Gasteiger partial charge in [0, 0.05) is 34.9 Å². The van der Waals surface area contributed by atoms with Crippen LogP contribution >= 0.6 is 11.6 Å². The topological polar surface area (TPSA) is 78.3 Å². The number of carbonyl (C=O) groups excluding carboxylic acids is 2. The summed E-state index contributed by atoms with van der Waals surface area (Å²) in [5.74, 6) is 1.77. The van der Waals surface area contributed by atoms with E-state index < -0.39 is 0 Å². The number of likely N-dealkylation sites (tertiary alicyclic amines) is 1. The Morgan fingerprint density at radius 1 is 1.23 bits per heavy atom. The number of nitrogens with one attached hydrogen (secondary N) is 2. The molecule has 0 spiro atoms.